The molecule has 302 valence electrons. The van der Waals surface area contributed by atoms with Gasteiger partial charge in [-0.05, 0) is 56.4 Å². The van der Waals surface area contributed by atoms with Crippen LogP contribution in [0.15, 0.2) is 54.6 Å². The molecule has 56 heavy (non-hydrogen) atoms. The van der Waals surface area contributed by atoms with E-state index in [1.54, 1.807) is 68.4 Å². The number of unbranched alkanes of at least 4 members (excludes halogenated alkanes) is 2. The van der Waals surface area contributed by atoms with Gasteiger partial charge in [0, 0.05) is 43.5 Å². The molecular weight excluding hydrogens is 720 g/mol. The first kappa shape index (κ1) is 44.8. The maximum Gasteiger partial charge on any atom is 0.272 e. The lowest BCUT2D eigenvalue weighted by molar-refractivity contribution is -0.153. The van der Waals surface area contributed by atoms with E-state index in [0.29, 0.717) is 61.8 Å². The normalized spacial score (nSPS) is 15.8. The number of nitrogens with one attached hydrogen (secondary N) is 4. The standard InChI is InChI=1S/C41H54N6O9/c1-4-5-7-17-34(48)43-22-11-10-15-31(37(42)51)44-38(52)32(25-27-18-20-29(21-19-27)35(49)28-13-8-6-9-14-28)45-39(53)33-16-12-23-47(33)41(55)30(24-26(2)3)36(50)40(54)46-56/h1,6,8-9,13-14,18-21,26,30-33,36,50,56H,5,7,10-12,15-17,22-25H2,2-3H3,(H2,42,51)(H,43,48)(H,44,52)(H,45,53)(H,46,54)/t30-,31?,32+,33+,36+/m1/s1. The SMILES string of the molecule is C#CCCCC(=O)NCCCCC(NC(=O)[C@H](Cc1ccc(C(=O)c2ccccc2)cc1)NC(=O)[C@@H]1CCCN1C(=O)[C@H](CC(C)C)[C@H](O)C(=O)NO)C(N)=O. The molecule has 1 saturated heterocycles. The van der Waals surface area contributed by atoms with Crippen LogP contribution in [0.25, 0.3) is 0 Å². The number of hydrogen-bond donors (Lipinski definition) is 7. The van der Waals surface area contributed by atoms with Gasteiger partial charge in [0.15, 0.2) is 5.78 Å². The number of nitrogens with two attached hydrogens (primary N) is 1. The average molecular weight is 775 g/mol. The van der Waals surface area contributed by atoms with Crippen LogP contribution in [0.5, 0.6) is 0 Å². The van der Waals surface area contributed by atoms with Crippen molar-refractivity contribution in [1.82, 2.24) is 26.3 Å². The number of aliphatic hydroxyl groups excluding tert-OH is 1. The van der Waals surface area contributed by atoms with Crippen LogP contribution in [0.4, 0.5) is 0 Å². The number of rotatable bonds is 22. The minimum Gasteiger partial charge on any atom is -0.382 e. The summed E-state index contributed by atoms with van der Waals surface area (Å²) in [5.41, 5.74) is 8.54. The summed E-state index contributed by atoms with van der Waals surface area (Å²) in [7, 11) is 0. The van der Waals surface area contributed by atoms with Crippen LogP contribution < -0.4 is 27.2 Å². The zero-order valence-corrected chi connectivity index (χ0v) is 32.0. The number of amides is 6. The highest BCUT2D eigenvalue weighted by molar-refractivity contribution is 6.09. The van der Waals surface area contributed by atoms with Gasteiger partial charge in [-0.3, -0.25) is 38.8 Å². The van der Waals surface area contributed by atoms with Crippen molar-refractivity contribution in [2.75, 3.05) is 13.1 Å². The molecule has 5 atom stereocenters. The van der Waals surface area contributed by atoms with E-state index < -0.39 is 59.7 Å². The molecule has 8 N–H and O–H groups in total. The Bertz CT molecular complexity index is 1710. The van der Waals surface area contributed by atoms with Gasteiger partial charge in [-0.15, -0.1) is 12.3 Å². The predicted molar refractivity (Wildman–Crippen MR) is 206 cm³/mol. The van der Waals surface area contributed by atoms with Gasteiger partial charge in [0.1, 0.15) is 24.2 Å². The number of nitrogens with zero attached hydrogens (tertiary/aromatic N) is 1. The lowest BCUT2D eigenvalue weighted by atomic mass is 9.90. The molecule has 0 aromatic heterocycles. The molecule has 1 heterocycles. The minimum absolute atomic E-state index is 0.0550. The van der Waals surface area contributed by atoms with E-state index in [2.05, 4.69) is 21.9 Å². The number of carbonyl (C=O) groups excluding carboxylic acids is 7. The summed E-state index contributed by atoms with van der Waals surface area (Å²) < 4.78 is 0. The number of carbonyl (C=O) groups is 7. The van der Waals surface area contributed by atoms with E-state index in [1.807, 2.05) is 0 Å². The first-order valence-corrected chi connectivity index (χ1v) is 19.0. The van der Waals surface area contributed by atoms with Crippen LogP contribution in [0.3, 0.4) is 0 Å². The van der Waals surface area contributed by atoms with Crippen LogP contribution in [0, 0.1) is 24.2 Å². The fourth-order valence-electron chi connectivity index (χ4n) is 6.60. The van der Waals surface area contributed by atoms with Gasteiger partial charge in [-0.2, -0.15) is 0 Å². The second-order valence-electron chi connectivity index (χ2n) is 14.4. The van der Waals surface area contributed by atoms with Gasteiger partial charge >= 0.3 is 0 Å². The number of likely N-dealkylation sites (tertiary alicyclic amines) is 1. The highest BCUT2D eigenvalue weighted by Crippen LogP contribution is 2.26. The van der Waals surface area contributed by atoms with E-state index >= 15 is 0 Å². The Morgan fingerprint density at radius 2 is 1.59 bits per heavy atom. The van der Waals surface area contributed by atoms with Crippen LogP contribution in [0.1, 0.15) is 93.1 Å². The van der Waals surface area contributed by atoms with Crippen LogP contribution in [0.2, 0.25) is 0 Å². The molecule has 1 fully saturated rings. The zero-order chi connectivity index (χ0) is 41.2. The number of aliphatic hydroxyl groups is 1. The lowest BCUT2D eigenvalue weighted by Gasteiger charge is -2.31. The molecule has 1 aliphatic rings. The molecule has 1 unspecified atom stereocenters. The van der Waals surface area contributed by atoms with Crippen LogP contribution in [-0.4, -0.2) is 93.8 Å². The van der Waals surface area contributed by atoms with E-state index in [4.69, 9.17) is 17.4 Å². The summed E-state index contributed by atoms with van der Waals surface area (Å²) in [6.07, 6.45) is 6.56. The molecule has 3 rings (SSSR count). The third kappa shape index (κ3) is 13.6. The fraction of sp³-hybridized carbons (Fsp3) is 0.488. The Kier molecular flexibility index (Phi) is 18.2. The summed E-state index contributed by atoms with van der Waals surface area (Å²) in [6.45, 7) is 4.10. The molecule has 6 amide bonds. The summed E-state index contributed by atoms with van der Waals surface area (Å²) in [4.78, 5) is 92.4. The van der Waals surface area contributed by atoms with Gasteiger partial charge < -0.3 is 31.7 Å². The van der Waals surface area contributed by atoms with Crippen molar-refractivity contribution in [2.45, 2.75) is 102 Å². The number of ketones is 1. The Labute approximate surface area is 327 Å². The molecular formula is C41H54N6O9. The molecule has 0 radical (unpaired) electrons. The topological polar surface area (TPSA) is 237 Å². The second-order valence-corrected chi connectivity index (χ2v) is 14.4. The molecule has 15 heteroatoms. The average Bonchev–Trinajstić information content (AvgIpc) is 3.69. The van der Waals surface area contributed by atoms with Crippen molar-refractivity contribution in [3.63, 3.8) is 0 Å². The Balaban J connectivity index is 1.79. The molecule has 2 aromatic rings. The third-order valence-corrected chi connectivity index (χ3v) is 9.59. The molecule has 2 aromatic carbocycles. The summed E-state index contributed by atoms with van der Waals surface area (Å²) in [5, 5.41) is 27.9. The first-order chi connectivity index (χ1) is 26.8. The van der Waals surface area contributed by atoms with Gasteiger partial charge in [-0.1, -0.05) is 68.4 Å². The fourth-order valence-corrected chi connectivity index (χ4v) is 6.60. The van der Waals surface area contributed by atoms with Crippen LogP contribution >= 0.6 is 0 Å². The maximum absolute atomic E-state index is 13.9. The molecule has 15 nitrogen and oxygen atoms in total. The third-order valence-electron chi connectivity index (χ3n) is 9.59. The Hall–Kier alpha value is -5.59. The van der Waals surface area contributed by atoms with E-state index in [1.165, 1.54) is 10.4 Å². The number of hydrogen-bond acceptors (Lipinski definition) is 9. The highest BCUT2D eigenvalue weighted by atomic mass is 16.5. The number of primary amides is 1. The molecule has 0 saturated carbocycles. The number of terminal acetylenes is 1. The Morgan fingerprint density at radius 3 is 2.21 bits per heavy atom. The monoisotopic (exact) mass is 774 g/mol. The smallest absolute Gasteiger partial charge is 0.272 e. The lowest BCUT2D eigenvalue weighted by Crippen LogP contribution is -2.57. The van der Waals surface area contributed by atoms with Crippen molar-refractivity contribution in [3.05, 3.63) is 71.3 Å². The Morgan fingerprint density at radius 1 is 0.911 bits per heavy atom. The van der Waals surface area contributed by atoms with Crippen molar-refractivity contribution < 1.29 is 43.9 Å². The van der Waals surface area contributed by atoms with Gasteiger partial charge in [0.05, 0.1) is 5.92 Å². The molecule has 1 aliphatic heterocycles. The van der Waals surface area contributed by atoms with E-state index in [0.717, 1.165) is 0 Å². The first-order valence-electron chi connectivity index (χ1n) is 19.0. The molecule has 0 bridgehead atoms. The van der Waals surface area contributed by atoms with Crippen molar-refractivity contribution >= 4 is 41.2 Å². The number of benzene rings is 2. The predicted octanol–water partition coefficient (Wildman–Crippen LogP) is 1.52. The van der Waals surface area contributed by atoms with E-state index in [9.17, 15) is 38.7 Å². The highest BCUT2D eigenvalue weighted by Gasteiger charge is 2.42. The van der Waals surface area contributed by atoms with Crippen molar-refractivity contribution in [1.29, 1.82) is 0 Å². The number of hydroxylamine groups is 1. The summed E-state index contributed by atoms with van der Waals surface area (Å²) >= 11 is 0. The van der Waals surface area contributed by atoms with E-state index in [-0.39, 0.29) is 49.8 Å². The molecule has 0 spiro atoms. The minimum atomic E-state index is -1.87. The quantitative estimate of drug-likeness (QED) is 0.0302. The zero-order valence-electron chi connectivity index (χ0n) is 32.0. The van der Waals surface area contributed by atoms with Gasteiger partial charge in [0.25, 0.3) is 5.91 Å². The van der Waals surface area contributed by atoms with Gasteiger partial charge in [-0.25, -0.2) is 5.48 Å². The second kappa shape index (κ2) is 22.7. The molecule has 0 aliphatic carbocycles. The van der Waals surface area contributed by atoms with Crippen LogP contribution in [-0.2, 0) is 35.2 Å². The summed E-state index contributed by atoms with van der Waals surface area (Å²) in [5.74, 6) is -3.18. The summed E-state index contributed by atoms with van der Waals surface area (Å²) in [6, 6.07) is 11.9. The van der Waals surface area contributed by atoms with Gasteiger partial charge in [0.2, 0.25) is 29.5 Å². The largest absolute Gasteiger partial charge is 0.382 e. The van der Waals surface area contributed by atoms with Crippen molar-refractivity contribution in [3.8, 4) is 12.3 Å². The van der Waals surface area contributed by atoms with Crippen molar-refractivity contribution in [2.24, 2.45) is 17.6 Å². The maximum atomic E-state index is 13.9.